The van der Waals surface area contributed by atoms with Crippen LogP contribution < -0.4 is 5.32 Å². The lowest BCUT2D eigenvalue weighted by molar-refractivity contribution is -0.121. The summed E-state index contributed by atoms with van der Waals surface area (Å²) < 4.78 is 7.61. The molecule has 2 aromatic carbocycles. The Balaban J connectivity index is 1.36. The Morgan fingerprint density at radius 3 is 2.71 bits per heavy atom. The fourth-order valence-corrected chi connectivity index (χ4v) is 5.21. The van der Waals surface area contributed by atoms with Crippen LogP contribution in [0.2, 0.25) is 10.0 Å². The molecule has 1 aliphatic rings. The van der Waals surface area contributed by atoms with Crippen molar-refractivity contribution < 1.29 is 9.53 Å². The van der Waals surface area contributed by atoms with Crippen LogP contribution in [0, 0.1) is 0 Å². The van der Waals surface area contributed by atoms with Crippen molar-refractivity contribution in [3.63, 3.8) is 0 Å². The molecule has 34 heavy (non-hydrogen) atoms. The van der Waals surface area contributed by atoms with Crippen molar-refractivity contribution in [3.8, 4) is 5.69 Å². The molecule has 0 aliphatic carbocycles. The molecule has 1 saturated heterocycles. The van der Waals surface area contributed by atoms with Gasteiger partial charge in [-0.15, -0.1) is 10.2 Å². The van der Waals surface area contributed by atoms with Crippen LogP contribution in [0.15, 0.2) is 53.7 Å². The zero-order valence-electron chi connectivity index (χ0n) is 18.9. The first-order valence-electron chi connectivity index (χ1n) is 11.5. The van der Waals surface area contributed by atoms with Crippen molar-refractivity contribution in [2.45, 2.75) is 55.5 Å². The first-order chi connectivity index (χ1) is 16.6. The highest BCUT2D eigenvalue weighted by atomic mass is 35.5. The molecule has 0 spiro atoms. The smallest absolute Gasteiger partial charge is 0.220 e. The lowest BCUT2D eigenvalue weighted by Crippen LogP contribution is -2.31. The van der Waals surface area contributed by atoms with Gasteiger partial charge in [0.1, 0.15) is 5.82 Å². The van der Waals surface area contributed by atoms with E-state index in [1.807, 2.05) is 48.5 Å². The van der Waals surface area contributed by atoms with Crippen LogP contribution in [0.25, 0.3) is 5.69 Å². The van der Waals surface area contributed by atoms with E-state index in [0.717, 1.165) is 71.7 Å². The van der Waals surface area contributed by atoms with E-state index >= 15 is 0 Å². The Morgan fingerprint density at radius 1 is 1.12 bits per heavy atom. The number of nitrogens with zero attached hydrogens (tertiary/aromatic N) is 3. The Hall–Kier alpha value is -2.06. The average molecular weight is 519 g/mol. The molecule has 0 saturated carbocycles. The van der Waals surface area contributed by atoms with Gasteiger partial charge in [-0.05, 0) is 61.6 Å². The number of carbonyl (C=O) groups is 1. The maximum atomic E-state index is 12.2. The van der Waals surface area contributed by atoms with E-state index in [-0.39, 0.29) is 12.0 Å². The number of thioether (sulfide) groups is 1. The molecule has 1 amide bonds. The summed E-state index contributed by atoms with van der Waals surface area (Å²) in [5.41, 5.74) is 2.05. The van der Waals surface area contributed by atoms with Crippen LogP contribution in [0.1, 0.15) is 43.5 Å². The monoisotopic (exact) mass is 518 g/mol. The summed E-state index contributed by atoms with van der Waals surface area (Å²) >= 11 is 14.0. The summed E-state index contributed by atoms with van der Waals surface area (Å²) in [4.78, 5) is 12.2. The lowest BCUT2D eigenvalue weighted by atomic mass is 10.1. The number of aromatic nitrogens is 3. The first-order valence-corrected chi connectivity index (χ1v) is 13.3. The third kappa shape index (κ3) is 7.22. The van der Waals surface area contributed by atoms with Crippen LogP contribution in [0.3, 0.4) is 0 Å². The quantitative estimate of drug-likeness (QED) is 0.253. The van der Waals surface area contributed by atoms with Gasteiger partial charge in [0.05, 0.1) is 11.8 Å². The lowest BCUT2D eigenvalue weighted by Gasteiger charge is -2.12. The minimum absolute atomic E-state index is 0.0737. The number of amides is 1. The predicted octanol–water partition coefficient (Wildman–Crippen LogP) is 5.87. The number of aryl methyl sites for hydroxylation is 1. The predicted molar refractivity (Wildman–Crippen MR) is 137 cm³/mol. The highest BCUT2D eigenvalue weighted by Gasteiger charge is 2.17. The third-order valence-electron chi connectivity index (χ3n) is 5.63. The number of unbranched alkanes of at least 4 members (excludes halogenated alkanes) is 1. The normalized spacial score (nSPS) is 15.5. The van der Waals surface area contributed by atoms with Gasteiger partial charge < -0.3 is 10.1 Å². The van der Waals surface area contributed by atoms with Crippen LogP contribution in [-0.4, -0.2) is 39.9 Å². The number of benzene rings is 2. The van der Waals surface area contributed by atoms with E-state index in [0.29, 0.717) is 18.0 Å². The highest BCUT2D eigenvalue weighted by molar-refractivity contribution is 7.98. The van der Waals surface area contributed by atoms with Gasteiger partial charge in [0, 0.05) is 41.8 Å². The van der Waals surface area contributed by atoms with Crippen LogP contribution in [-0.2, 0) is 21.7 Å². The molecule has 1 atom stereocenters. The summed E-state index contributed by atoms with van der Waals surface area (Å²) in [5, 5.41) is 14.1. The van der Waals surface area contributed by atoms with E-state index in [1.165, 1.54) is 0 Å². The van der Waals surface area contributed by atoms with E-state index in [4.69, 9.17) is 27.9 Å². The summed E-state index contributed by atoms with van der Waals surface area (Å²) in [6, 6.07) is 15.5. The molecule has 1 unspecified atom stereocenters. The number of carbonyl (C=O) groups excluding carboxylic acids is 1. The molecule has 9 heteroatoms. The molecule has 1 N–H and O–H groups in total. The number of hydrogen-bond acceptors (Lipinski definition) is 5. The van der Waals surface area contributed by atoms with Gasteiger partial charge in [-0.2, -0.15) is 0 Å². The van der Waals surface area contributed by atoms with Crippen molar-refractivity contribution in [2.75, 3.05) is 13.2 Å². The van der Waals surface area contributed by atoms with Gasteiger partial charge in [-0.3, -0.25) is 9.36 Å². The second-order valence-electron chi connectivity index (χ2n) is 8.28. The Bertz CT molecular complexity index is 1100. The molecule has 1 aliphatic heterocycles. The molecule has 1 aromatic heterocycles. The fourth-order valence-electron chi connectivity index (χ4n) is 3.89. The molecule has 2 heterocycles. The van der Waals surface area contributed by atoms with Crippen molar-refractivity contribution in [1.29, 1.82) is 0 Å². The summed E-state index contributed by atoms with van der Waals surface area (Å²) in [6.45, 7) is 1.41. The second-order valence-corrected chi connectivity index (χ2v) is 10.1. The molecule has 0 radical (unpaired) electrons. The maximum absolute atomic E-state index is 12.2. The molecule has 1 fully saturated rings. The second kappa shape index (κ2) is 12.6. The van der Waals surface area contributed by atoms with Crippen LogP contribution in [0.5, 0.6) is 0 Å². The SMILES string of the molecule is O=C(CCCCc1nnc(SCc2cccc(Cl)c2)n1-c1cccc(Cl)c1)NCC1CCCO1. The zero-order chi connectivity index (χ0) is 23.8. The van der Waals surface area contributed by atoms with E-state index < -0.39 is 0 Å². The minimum Gasteiger partial charge on any atom is -0.376 e. The van der Waals surface area contributed by atoms with Gasteiger partial charge in [-0.1, -0.05) is 53.2 Å². The van der Waals surface area contributed by atoms with Gasteiger partial charge in [0.2, 0.25) is 5.91 Å². The van der Waals surface area contributed by atoms with Gasteiger partial charge in [-0.25, -0.2) is 0 Å². The number of ether oxygens (including phenoxy) is 1. The van der Waals surface area contributed by atoms with Crippen molar-refractivity contribution >= 4 is 40.9 Å². The van der Waals surface area contributed by atoms with Crippen molar-refractivity contribution in [2.24, 2.45) is 0 Å². The third-order valence-corrected chi connectivity index (χ3v) is 7.10. The van der Waals surface area contributed by atoms with Gasteiger partial charge in [0.25, 0.3) is 0 Å². The molecule has 0 bridgehead atoms. The number of nitrogens with one attached hydrogen (secondary N) is 1. The highest BCUT2D eigenvalue weighted by Crippen LogP contribution is 2.28. The Labute approximate surface area is 214 Å². The summed E-state index contributed by atoms with van der Waals surface area (Å²) in [6.07, 6.45) is 5.10. The molecular formula is C25H28Cl2N4O2S. The van der Waals surface area contributed by atoms with Gasteiger partial charge in [0.15, 0.2) is 5.16 Å². The Morgan fingerprint density at radius 2 is 1.94 bits per heavy atom. The van der Waals surface area contributed by atoms with E-state index in [1.54, 1.807) is 11.8 Å². The molecule has 6 nitrogen and oxygen atoms in total. The van der Waals surface area contributed by atoms with Gasteiger partial charge >= 0.3 is 0 Å². The molecule has 4 rings (SSSR count). The maximum Gasteiger partial charge on any atom is 0.220 e. The minimum atomic E-state index is 0.0737. The fraction of sp³-hybridized carbons (Fsp3) is 0.400. The van der Waals surface area contributed by atoms with Crippen LogP contribution >= 0.6 is 35.0 Å². The summed E-state index contributed by atoms with van der Waals surface area (Å²) in [5.74, 6) is 1.66. The molecule has 180 valence electrons. The largest absolute Gasteiger partial charge is 0.376 e. The van der Waals surface area contributed by atoms with Crippen molar-refractivity contribution in [3.05, 3.63) is 70.0 Å². The van der Waals surface area contributed by atoms with E-state index in [2.05, 4.69) is 20.1 Å². The molecule has 3 aromatic rings. The number of rotatable bonds is 11. The number of hydrogen-bond donors (Lipinski definition) is 1. The van der Waals surface area contributed by atoms with Crippen LogP contribution in [0.4, 0.5) is 0 Å². The first kappa shape index (κ1) is 25.0. The summed E-state index contributed by atoms with van der Waals surface area (Å²) in [7, 11) is 0. The Kier molecular flexibility index (Phi) is 9.27. The van der Waals surface area contributed by atoms with Crippen molar-refractivity contribution in [1.82, 2.24) is 20.1 Å². The van der Waals surface area contributed by atoms with E-state index in [9.17, 15) is 4.79 Å². The number of halogens is 2. The zero-order valence-corrected chi connectivity index (χ0v) is 21.2. The average Bonchev–Trinajstić information content (AvgIpc) is 3.49. The standard InChI is InChI=1S/C25H28Cl2N4O2S/c26-19-7-3-6-18(14-19)17-34-25-30-29-23(31(25)21-9-4-8-20(27)15-21)11-1-2-12-24(32)28-16-22-10-5-13-33-22/h3-4,6-9,14-15,22H,1-2,5,10-13,16-17H2,(H,28,32). The molecular weight excluding hydrogens is 491 g/mol. The topological polar surface area (TPSA) is 69.0 Å².